The largest absolute Gasteiger partial charge is 0.386 e. The van der Waals surface area contributed by atoms with Crippen LogP contribution >= 0.6 is 0 Å². The van der Waals surface area contributed by atoms with Crippen molar-refractivity contribution < 1.29 is 23.9 Å². The number of fused-ring (bicyclic) bond motifs is 4. The van der Waals surface area contributed by atoms with Gasteiger partial charge in [-0.05, 0) is 59.4 Å². The predicted octanol–water partition coefficient (Wildman–Crippen LogP) is 2.26. The van der Waals surface area contributed by atoms with E-state index in [1.54, 1.807) is 24.3 Å². The fourth-order valence-electron chi connectivity index (χ4n) is 3.78. The van der Waals surface area contributed by atoms with Gasteiger partial charge in [-0.25, -0.2) is 9.59 Å². The first-order chi connectivity index (χ1) is 11.5. The fourth-order valence-corrected chi connectivity index (χ4v) is 3.78. The molecule has 3 aliphatic rings. The standard InChI is InChI=1S/C19H10O5/c20-16-7-17(21)13-4-9-2-11-6-15-14(18(22)24-19(15)23)5-10(11)1-8(9)3-12(13)16/h3-6H,1-2,7H2. The van der Waals surface area contributed by atoms with Crippen LogP contribution in [0.25, 0.3) is 0 Å². The summed E-state index contributed by atoms with van der Waals surface area (Å²) in [6.45, 7) is 0. The van der Waals surface area contributed by atoms with Crippen LogP contribution in [-0.2, 0) is 17.6 Å². The Hall–Kier alpha value is -3.08. The monoisotopic (exact) mass is 318 g/mol. The summed E-state index contributed by atoms with van der Waals surface area (Å²) in [6.07, 6.45) is 1.07. The lowest BCUT2D eigenvalue weighted by molar-refractivity contribution is 0.0443. The first kappa shape index (κ1) is 13.4. The Kier molecular flexibility index (Phi) is 2.37. The van der Waals surface area contributed by atoms with E-state index < -0.39 is 11.9 Å². The molecule has 0 bridgehead atoms. The maximum absolute atomic E-state index is 11.9. The molecule has 2 aliphatic carbocycles. The Balaban J connectivity index is 1.65. The summed E-state index contributed by atoms with van der Waals surface area (Å²) in [7, 11) is 0. The topological polar surface area (TPSA) is 77.5 Å². The van der Waals surface area contributed by atoms with E-state index in [0.717, 1.165) is 22.3 Å². The fraction of sp³-hybridized carbons (Fsp3) is 0.158. The van der Waals surface area contributed by atoms with Crippen molar-refractivity contribution in [1.29, 1.82) is 0 Å². The minimum Gasteiger partial charge on any atom is -0.386 e. The van der Waals surface area contributed by atoms with Gasteiger partial charge < -0.3 is 4.74 Å². The Labute approximate surface area is 136 Å². The zero-order valence-electron chi connectivity index (χ0n) is 12.5. The van der Waals surface area contributed by atoms with Crippen molar-refractivity contribution >= 4 is 23.5 Å². The van der Waals surface area contributed by atoms with Crippen LogP contribution in [0.3, 0.4) is 0 Å². The summed E-state index contributed by atoms with van der Waals surface area (Å²) in [5, 5.41) is 0. The zero-order chi connectivity index (χ0) is 16.6. The highest BCUT2D eigenvalue weighted by molar-refractivity contribution is 6.24. The smallest absolute Gasteiger partial charge is 0.346 e. The minimum atomic E-state index is -0.613. The highest BCUT2D eigenvalue weighted by atomic mass is 16.6. The molecular formula is C19H10O5. The number of Topliss-reactive ketones (excluding diaryl/α,β-unsaturated/α-hetero) is 2. The van der Waals surface area contributed by atoms with Gasteiger partial charge in [0.05, 0.1) is 17.5 Å². The quantitative estimate of drug-likeness (QED) is 0.469. The average molecular weight is 318 g/mol. The van der Waals surface area contributed by atoms with Crippen molar-refractivity contribution in [1.82, 2.24) is 0 Å². The van der Waals surface area contributed by atoms with Gasteiger partial charge in [0.1, 0.15) is 0 Å². The minimum absolute atomic E-state index is 0.0557. The van der Waals surface area contributed by atoms with Gasteiger partial charge in [0.2, 0.25) is 0 Å². The molecule has 0 radical (unpaired) electrons. The van der Waals surface area contributed by atoms with Crippen LogP contribution in [-0.4, -0.2) is 23.5 Å². The predicted molar refractivity (Wildman–Crippen MR) is 81.5 cm³/mol. The van der Waals surface area contributed by atoms with Crippen LogP contribution in [0.4, 0.5) is 0 Å². The van der Waals surface area contributed by atoms with E-state index in [1.807, 2.05) is 0 Å². The van der Waals surface area contributed by atoms with Gasteiger partial charge in [-0.3, -0.25) is 9.59 Å². The molecule has 0 fully saturated rings. The second kappa shape index (κ2) is 4.26. The Morgan fingerprint density at radius 3 is 1.33 bits per heavy atom. The molecule has 0 saturated heterocycles. The maximum Gasteiger partial charge on any atom is 0.346 e. The highest BCUT2D eigenvalue weighted by Gasteiger charge is 2.33. The van der Waals surface area contributed by atoms with Crippen LogP contribution < -0.4 is 0 Å². The molecule has 0 amide bonds. The number of rotatable bonds is 0. The second-order valence-corrected chi connectivity index (χ2v) is 6.39. The van der Waals surface area contributed by atoms with E-state index in [1.165, 1.54) is 0 Å². The van der Waals surface area contributed by atoms with Crippen LogP contribution in [0.5, 0.6) is 0 Å². The van der Waals surface area contributed by atoms with Gasteiger partial charge in [0, 0.05) is 11.1 Å². The van der Waals surface area contributed by atoms with Crippen LogP contribution in [0, 0.1) is 0 Å². The number of ketones is 2. The lowest BCUT2D eigenvalue weighted by Crippen LogP contribution is -2.11. The highest BCUT2D eigenvalue weighted by Crippen LogP contribution is 2.35. The third-order valence-corrected chi connectivity index (χ3v) is 4.99. The molecule has 0 spiro atoms. The van der Waals surface area contributed by atoms with Gasteiger partial charge in [-0.2, -0.15) is 0 Å². The van der Waals surface area contributed by atoms with Crippen molar-refractivity contribution in [3.8, 4) is 0 Å². The number of carbonyl (C=O) groups excluding carboxylic acids is 4. The average Bonchev–Trinajstić information content (AvgIpc) is 2.98. The molecule has 0 saturated carbocycles. The number of hydrogen-bond acceptors (Lipinski definition) is 5. The van der Waals surface area contributed by atoms with Gasteiger partial charge in [-0.1, -0.05) is 0 Å². The Bertz CT molecular complexity index is 867. The van der Waals surface area contributed by atoms with E-state index in [-0.39, 0.29) is 18.0 Å². The van der Waals surface area contributed by atoms with E-state index in [2.05, 4.69) is 4.74 Å². The number of cyclic esters (lactones) is 2. The molecule has 1 aliphatic heterocycles. The molecule has 1 heterocycles. The first-order valence-electron chi connectivity index (χ1n) is 7.66. The van der Waals surface area contributed by atoms with Gasteiger partial charge >= 0.3 is 11.9 Å². The third kappa shape index (κ3) is 1.64. The Morgan fingerprint density at radius 1 is 0.542 bits per heavy atom. The number of hydrogen-bond donors (Lipinski definition) is 0. The van der Waals surface area contributed by atoms with Gasteiger partial charge in [0.15, 0.2) is 11.6 Å². The first-order valence-corrected chi connectivity index (χ1v) is 7.66. The molecule has 0 aromatic heterocycles. The molecule has 5 heteroatoms. The van der Waals surface area contributed by atoms with Gasteiger partial charge in [0.25, 0.3) is 0 Å². The second-order valence-electron chi connectivity index (χ2n) is 6.39. The van der Waals surface area contributed by atoms with Crippen molar-refractivity contribution in [2.75, 3.05) is 0 Å². The van der Waals surface area contributed by atoms with Crippen LogP contribution in [0.15, 0.2) is 24.3 Å². The van der Waals surface area contributed by atoms with Gasteiger partial charge in [-0.15, -0.1) is 0 Å². The van der Waals surface area contributed by atoms with Crippen molar-refractivity contribution in [3.63, 3.8) is 0 Å². The lowest BCUT2D eigenvalue weighted by atomic mass is 9.82. The summed E-state index contributed by atoms with van der Waals surface area (Å²) >= 11 is 0. The molecule has 5 nitrogen and oxygen atoms in total. The summed E-state index contributed by atoms with van der Waals surface area (Å²) in [5.41, 5.74) is 5.47. The SMILES string of the molecule is O=C1CC(=O)c2cc3c(cc21)Cc1cc2c(cc1C3)C(=O)OC2=O. The van der Waals surface area contributed by atoms with E-state index in [0.29, 0.717) is 35.1 Å². The molecule has 2 aromatic rings. The lowest BCUT2D eigenvalue weighted by Gasteiger charge is -2.21. The molecular weight excluding hydrogens is 308 g/mol. The molecule has 116 valence electrons. The zero-order valence-corrected chi connectivity index (χ0v) is 12.5. The molecule has 5 rings (SSSR count). The van der Waals surface area contributed by atoms with E-state index in [4.69, 9.17) is 0 Å². The molecule has 0 unspecified atom stereocenters. The molecule has 2 aromatic carbocycles. The molecule has 24 heavy (non-hydrogen) atoms. The van der Waals surface area contributed by atoms with Crippen LogP contribution in [0.2, 0.25) is 0 Å². The summed E-state index contributed by atoms with van der Waals surface area (Å²) in [4.78, 5) is 47.3. The normalized spacial score (nSPS) is 17.3. The van der Waals surface area contributed by atoms with Crippen LogP contribution in [0.1, 0.15) is 70.1 Å². The van der Waals surface area contributed by atoms with Crippen molar-refractivity contribution in [3.05, 3.63) is 68.8 Å². The van der Waals surface area contributed by atoms with E-state index in [9.17, 15) is 19.2 Å². The maximum atomic E-state index is 11.9. The number of esters is 2. The number of carbonyl (C=O) groups is 4. The van der Waals surface area contributed by atoms with E-state index >= 15 is 0 Å². The Morgan fingerprint density at radius 2 is 0.917 bits per heavy atom. The van der Waals surface area contributed by atoms with Crippen molar-refractivity contribution in [2.24, 2.45) is 0 Å². The number of ether oxygens (including phenoxy) is 1. The summed E-state index contributed by atoms with van der Waals surface area (Å²) < 4.78 is 4.65. The number of benzene rings is 2. The molecule has 0 atom stereocenters. The third-order valence-electron chi connectivity index (χ3n) is 4.99. The summed E-state index contributed by atoms with van der Waals surface area (Å²) in [6, 6.07) is 7.02. The summed E-state index contributed by atoms with van der Waals surface area (Å²) in [5.74, 6) is -1.49. The van der Waals surface area contributed by atoms with Crippen molar-refractivity contribution in [2.45, 2.75) is 19.3 Å². The molecule has 0 N–H and O–H groups in total.